The molecule has 0 aliphatic heterocycles. The first kappa shape index (κ1) is 23.1. The number of hydrogen-bond acceptors (Lipinski definition) is 2. The lowest BCUT2D eigenvalue weighted by Crippen LogP contribution is -2.25. The molecule has 1 unspecified atom stereocenters. The SMILES string of the molecule is c1ccc(N(c2ccccc2)c2cccc3c2C(N(c2ccccc2)c2ccccc2)c2ccccc2-3)cc1. The van der Waals surface area contributed by atoms with Crippen LogP contribution in [0.25, 0.3) is 11.1 Å². The lowest BCUT2D eigenvalue weighted by molar-refractivity contribution is 0.841. The van der Waals surface area contributed by atoms with Crippen molar-refractivity contribution in [1.29, 1.82) is 0 Å². The van der Waals surface area contributed by atoms with Crippen molar-refractivity contribution in [1.82, 2.24) is 0 Å². The van der Waals surface area contributed by atoms with Gasteiger partial charge in [0.25, 0.3) is 0 Å². The van der Waals surface area contributed by atoms with E-state index in [9.17, 15) is 0 Å². The molecule has 39 heavy (non-hydrogen) atoms. The second-order valence-electron chi connectivity index (χ2n) is 9.78. The Morgan fingerprint density at radius 3 is 1.33 bits per heavy atom. The van der Waals surface area contributed by atoms with Crippen molar-refractivity contribution in [2.24, 2.45) is 0 Å². The van der Waals surface area contributed by atoms with Gasteiger partial charge >= 0.3 is 0 Å². The van der Waals surface area contributed by atoms with Crippen molar-refractivity contribution >= 4 is 28.4 Å². The molecule has 1 atom stereocenters. The predicted molar refractivity (Wildman–Crippen MR) is 163 cm³/mol. The van der Waals surface area contributed by atoms with Crippen molar-refractivity contribution in [3.8, 4) is 11.1 Å². The molecule has 0 fully saturated rings. The van der Waals surface area contributed by atoms with E-state index in [2.05, 4.69) is 174 Å². The fourth-order valence-corrected chi connectivity index (χ4v) is 5.88. The number of hydrogen-bond donors (Lipinski definition) is 0. The van der Waals surface area contributed by atoms with Gasteiger partial charge in [-0.2, -0.15) is 0 Å². The average Bonchev–Trinajstić information content (AvgIpc) is 3.35. The zero-order valence-corrected chi connectivity index (χ0v) is 21.6. The van der Waals surface area contributed by atoms with Gasteiger partial charge in [0.2, 0.25) is 0 Å². The maximum absolute atomic E-state index is 2.49. The molecule has 0 bridgehead atoms. The molecule has 0 aromatic heterocycles. The first-order valence-electron chi connectivity index (χ1n) is 13.4. The Morgan fingerprint density at radius 2 is 0.795 bits per heavy atom. The quantitative estimate of drug-likeness (QED) is 0.224. The Balaban J connectivity index is 1.53. The van der Waals surface area contributed by atoms with Crippen LogP contribution < -0.4 is 9.80 Å². The van der Waals surface area contributed by atoms with E-state index in [-0.39, 0.29) is 6.04 Å². The molecular weight excluding hydrogens is 472 g/mol. The molecule has 0 N–H and O–H groups in total. The van der Waals surface area contributed by atoms with E-state index in [1.54, 1.807) is 0 Å². The summed E-state index contributed by atoms with van der Waals surface area (Å²) in [7, 11) is 0. The maximum Gasteiger partial charge on any atom is 0.0877 e. The third-order valence-electron chi connectivity index (χ3n) is 7.50. The Morgan fingerprint density at radius 1 is 0.359 bits per heavy atom. The first-order valence-corrected chi connectivity index (χ1v) is 13.4. The van der Waals surface area contributed by atoms with Crippen molar-refractivity contribution < 1.29 is 0 Å². The van der Waals surface area contributed by atoms with E-state index in [0.29, 0.717) is 0 Å². The Kier molecular flexibility index (Phi) is 5.91. The van der Waals surface area contributed by atoms with Gasteiger partial charge in [-0.3, -0.25) is 0 Å². The van der Waals surface area contributed by atoms with Gasteiger partial charge in [-0.25, -0.2) is 0 Å². The zero-order valence-electron chi connectivity index (χ0n) is 21.6. The summed E-state index contributed by atoms with van der Waals surface area (Å²) in [6, 6.07) is 58.5. The summed E-state index contributed by atoms with van der Waals surface area (Å²) in [6.45, 7) is 0. The second kappa shape index (κ2) is 10.00. The standard InChI is InChI=1S/C37H28N2/c1-5-16-28(17-6-1)38(29-18-7-2-8-19-29)35-27-15-26-33-32-24-13-14-25-34(32)37(36(33)35)39(30-20-9-3-10-21-30)31-22-11-4-12-23-31/h1-27,37H. The number of fused-ring (bicyclic) bond motifs is 3. The van der Waals surface area contributed by atoms with Crippen LogP contribution in [0.4, 0.5) is 28.4 Å². The average molecular weight is 501 g/mol. The largest absolute Gasteiger partial charge is 0.330 e. The smallest absolute Gasteiger partial charge is 0.0877 e. The monoisotopic (exact) mass is 500 g/mol. The van der Waals surface area contributed by atoms with E-state index < -0.39 is 0 Å². The van der Waals surface area contributed by atoms with Crippen LogP contribution in [-0.2, 0) is 0 Å². The summed E-state index contributed by atoms with van der Waals surface area (Å²) < 4.78 is 0. The molecule has 0 spiro atoms. The highest BCUT2D eigenvalue weighted by Crippen LogP contribution is 2.54. The summed E-state index contributed by atoms with van der Waals surface area (Å²) in [4.78, 5) is 4.88. The number of anilines is 5. The molecule has 0 saturated heterocycles. The zero-order chi connectivity index (χ0) is 26.0. The molecule has 2 nitrogen and oxygen atoms in total. The number of para-hydroxylation sites is 4. The molecule has 6 aromatic rings. The van der Waals surface area contributed by atoms with E-state index >= 15 is 0 Å². The van der Waals surface area contributed by atoms with Crippen LogP contribution in [0.1, 0.15) is 17.2 Å². The van der Waals surface area contributed by atoms with Crippen molar-refractivity contribution in [2.75, 3.05) is 9.80 Å². The van der Waals surface area contributed by atoms with Gasteiger partial charge in [-0.15, -0.1) is 0 Å². The summed E-state index contributed by atoms with van der Waals surface area (Å²) in [5.41, 5.74) is 11.0. The highest BCUT2D eigenvalue weighted by atomic mass is 15.2. The highest BCUT2D eigenvalue weighted by Gasteiger charge is 2.37. The predicted octanol–water partition coefficient (Wildman–Crippen LogP) is 10.1. The van der Waals surface area contributed by atoms with E-state index in [1.807, 2.05) is 0 Å². The molecule has 2 heteroatoms. The molecule has 0 saturated carbocycles. The van der Waals surface area contributed by atoms with Crippen LogP contribution in [0.5, 0.6) is 0 Å². The Labute approximate surface area is 230 Å². The minimum Gasteiger partial charge on any atom is -0.330 e. The summed E-state index contributed by atoms with van der Waals surface area (Å²) in [5, 5.41) is 0. The first-order chi connectivity index (χ1) is 19.4. The Bertz CT molecular complexity index is 1620. The van der Waals surface area contributed by atoms with E-state index in [0.717, 1.165) is 22.7 Å². The minimum absolute atomic E-state index is 0.00729. The number of rotatable bonds is 6. The van der Waals surface area contributed by atoms with Crippen LogP contribution in [0.3, 0.4) is 0 Å². The molecule has 6 aromatic carbocycles. The topological polar surface area (TPSA) is 6.48 Å². The van der Waals surface area contributed by atoms with E-state index in [4.69, 9.17) is 0 Å². The fourth-order valence-electron chi connectivity index (χ4n) is 5.88. The van der Waals surface area contributed by atoms with Gasteiger partial charge in [-0.1, -0.05) is 109 Å². The molecule has 186 valence electrons. The number of benzene rings is 6. The van der Waals surface area contributed by atoms with Crippen molar-refractivity contribution in [3.63, 3.8) is 0 Å². The summed E-state index contributed by atoms with van der Waals surface area (Å²) in [5.74, 6) is 0. The molecule has 0 heterocycles. The van der Waals surface area contributed by atoms with Crippen molar-refractivity contribution in [3.05, 3.63) is 175 Å². The summed E-state index contributed by atoms with van der Waals surface area (Å²) >= 11 is 0. The van der Waals surface area contributed by atoms with Crippen LogP contribution in [-0.4, -0.2) is 0 Å². The van der Waals surface area contributed by atoms with Crippen molar-refractivity contribution in [2.45, 2.75) is 6.04 Å². The minimum atomic E-state index is -0.00729. The molecular formula is C37H28N2. The second-order valence-corrected chi connectivity index (χ2v) is 9.78. The lowest BCUT2D eigenvalue weighted by Gasteiger charge is -2.36. The molecule has 0 amide bonds. The molecule has 0 radical (unpaired) electrons. The normalized spacial score (nSPS) is 13.4. The third kappa shape index (κ3) is 4.07. The maximum atomic E-state index is 2.49. The van der Waals surface area contributed by atoms with Crippen LogP contribution in [0, 0.1) is 0 Å². The van der Waals surface area contributed by atoms with Crippen LogP contribution in [0.2, 0.25) is 0 Å². The third-order valence-corrected chi connectivity index (χ3v) is 7.50. The van der Waals surface area contributed by atoms with Crippen LogP contribution in [0.15, 0.2) is 164 Å². The van der Waals surface area contributed by atoms with Gasteiger partial charge in [0, 0.05) is 28.3 Å². The fraction of sp³-hybridized carbons (Fsp3) is 0.0270. The summed E-state index contributed by atoms with van der Waals surface area (Å²) in [6.07, 6.45) is 0. The van der Waals surface area contributed by atoms with Gasteiger partial charge in [0.05, 0.1) is 11.7 Å². The lowest BCUT2D eigenvalue weighted by atomic mass is 9.98. The molecule has 1 aliphatic rings. The van der Waals surface area contributed by atoms with Gasteiger partial charge in [-0.05, 0) is 71.3 Å². The van der Waals surface area contributed by atoms with Gasteiger partial charge < -0.3 is 9.80 Å². The number of nitrogens with zero attached hydrogens (tertiary/aromatic N) is 2. The van der Waals surface area contributed by atoms with Crippen LogP contribution >= 0.6 is 0 Å². The van der Waals surface area contributed by atoms with Gasteiger partial charge in [0.15, 0.2) is 0 Å². The van der Waals surface area contributed by atoms with Gasteiger partial charge in [0.1, 0.15) is 0 Å². The molecule has 1 aliphatic carbocycles. The molecule has 7 rings (SSSR count). The van der Waals surface area contributed by atoms with E-state index in [1.165, 1.54) is 27.9 Å². The Hall–Kier alpha value is -5.08. The highest BCUT2D eigenvalue weighted by molar-refractivity contribution is 5.91.